The topological polar surface area (TPSA) is 168 Å². The van der Waals surface area contributed by atoms with Gasteiger partial charge in [-0.2, -0.15) is 0 Å². The quantitative estimate of drug-likeness (QED) is 0.265. The molecule has 0 saturated carbocycles. The summed E-state index contributed by atoms with van der Waals surface area (Å²) in [5.74, 6) is 0.766. The Morgan fingerprint density at radius 3 is 2.30 bits per heavy atom. The summed E-state index contributed by atoms with van der Waals surface area (Å²) in [4.78, 5) is 0. The molecule has 11 nitrogen and oxygen atoms in total. The lowest BCUT2D eigenvalue weighted by Crippen LogP contribution is -2.60. The van der Waals surface area contributed by atoms with Crippen molar-refractivity contribution >= 4 is 0 Å². The zero-order chi connectivity index (χ0) is 26.7. The number of hydrogen-bond donors (Lipinski definition) is 6. The van der Waals surface area contributed by atoms with Crippen molar-refractivity contribution in [3.8, 4) is 23.0 Å². The van der Waals surface area contributed by atoms with Crippen LogP contribution in [0, 0.1) is 11.8 Å². The van der Waals surface area contributed by atoms with E-state index in [2.05, 4.69) is 0 Å². The van der Waals surface area contributed by atoms with Gasteiger partial charge in [0.05, 0.1) is 33.5 Å². The number of ether oxygens (including phenoxy) is 5. The van der Waals surface area contributed by atoms with E-state index >= 15 is 0 Å². The molecule has 0 unspecified atom stereocenters. The highest BCUT2D eigenvalue weighted by Gasteiger charge is 2.45. The van der Waals surface area contributed by atoms with Crippen LogP contribution in [0.4, 0.5) is 0 Å². The fourth-order valence-electron chi connectivity index (χ4n) is 4.92. The number of aromatic hydroxyl groups is 1. The van der Waals surface area contributed by atoms with Gasteiger partial charge in [-0.3, -0.25) is 0 Å². The molecule has 0 amide bonds. The van der Waals surface area contributed by atoms with E-state index in [0.717, 1.165) is 11.1 Å². The lowest BCUT2D eigenvalue weighted by Gasteiger charge is -2.39. The van der Waals surface area contributed by atoms with Crippen LogP contribution < -0.4 is 14.2 Å². The van der Waals surface area contributed by atoms with E-state index in [9.17, 15) is 30.6 Å². The molecule has 11 heteroatoms. The Morgan fingerprint density at radius 2 is 1.62 bits per heavy atom. The average Bonchev–Trinajstić information content (AvgIpc) is 3.32. The molecule has 0 spiro atoms. The molecule has 2 aliphatic heterocycles. The highest BCUT2D eigenvalue weighted by atomic mass is 16.7. The summed E-state index contributed by atoms with van der Waals surface area (Å²) in [5.41, 5.74) is 1.70. The predicted molar refractivity (Wildman–Crippen MR) is 129 cm³/mol. The van der Waals surface area contributed by atoms with Gasteiger partial charge in [-0.15, -0.1) is 0 Å². The Balaban J connectivity index is 1.49. The van der Waals surface area contributed by atoms with Crippen LogP contribution in [0.1, 0.15) is 17.2 Å². The van der Waals surface area contributed by atoms with Crippen LogP contribution in [0.5, 0.6) is 23.0 Å². The van der Waals surface area contributed by atoms with E-state index in [-0.39, 0.29) is 29.9 Å². The number of phenols is 1. The van der Waals surface area contributed by atoms with E-state index in [4.69, 9.17) is 23.7 Å². The first-order valence-electron chi connectivity index (χ1n) is 12.0. The number of methoxy groups -OCH3 is 2. The minimum Gasteiger partial charge on any atom is -0.504 e. The normalized spacial score (nSPS) is 31.8. The zero-order valence-electron chi connectivity index (χ0n) is 20.6. The van der Waals surface area contributed by atoms with Crippen molar-refractivity contribution < 1.29 is 54.3 Å². The van der Waals surface area contributed by atoms with Crippen LogP contribution in [-0.2, 0) is 15.9 Å². The van der Waals surface area contributed by atoms with Crippen LogP contribution in [0.2, 0.25) is 0 Å². The molecule has 2 saturated heterocycles. The molecule has 2 aliphatic rings. The van der Waals surface area contributed by atoms with Crippen molar-refractivity contribution in [2.45, 2.75) is 43.2 Å². The van der Waals surface area contributed by atoms with Gasteiger partial charge in [0.25, 0.3) is 0 Å². The first-order chi connectivity index (χ1) is 17.8. The van der Waals surface area contributed by atoms with E-state index in [1.807, 2.05) is 6.07 Å². The van der Waals surface area contributed by atoms with Crippen LogP contribution in [0.25, 0.3) is 0 Å². The maximum atomic E-state index is 10.3. The smallest absolute Gasteiger partial charge is 0.229 e. The summed E-state index contributed by atoms with van der Waals surface area (Å²) in [6.45, 7) is -0.249. The van der Waals surface area contributed by atoms with Crippen molar-refractivity contribution in [2.24, 2.45) is 11.8 Å². The van der Waals surface area contributed by atoms with Crippen molar-refractivity contribution in [1.82, 2.24) is 0 Å². The first kappa shape index (κ1) is 27.4. The second-order valence-electron chi connectivity index (χ2n) is 9.30. The number of aliphatic hydroxyl groups excluding tert-OH is 5. The monoisotopic (exact) mass is 522 g/mol. The Labute approximate surface area is 214 Å². The Bertz CT molecular complexity index is 1050. The molecule has 204 valence electrons. The summed E-state index contributed by atoms with van der Waals surface area (Å²) in [6, 6.07) is 10.2. The summed E-state index contributed by atoms with van der Waals surface area (Å²) in [7, 11) is 2.93. The molecule has 4 rings (SSSR count). The van der Waals surface area contributed by atoms with E-state index < -0.39 is 43.4 Å². The fourth-order valence-corrected chi connectivity index (χ4v) is 4.92. The van der Waals surface area contributed by atoms with Gasteiger partial charge in [0.1, 0.15) is 24.4 Å². The number of aliphatic hydroxyl groups is 5. The predicted octanol–water partition coefficient (Wildman–Crippen LogP) is 0.127. The largest absolute Gasteiger partial charge is 0.504 e. The Hall–Kier alpha value is -2.64. The van der Waals surface area contributed by atoms with Gasteiger partial charge in [0, 0.05) is 12.5 Å². The highest BCUT2D eigenvalue weighted by molar-refractivity contribution is 5.44. The van der Waals surface area contributed by atoms with Gasteiger partial charge >= 0.3 is 0 Å². The van der Waals surface area contributed by atoms with E-state index in [0.29, 0.717) is 24.5 Å². The lowest BCUT2D eigenvalue weighted by molar-refractivity contribution is -0.277. The molecule has 0 bridgehead atoms. The molecule has 2 aromatic rings. The average molecular weight is 523 g/mol. The van der Waals surface area contributed by atoms with Gasteiger partial charge in [-0.1, -0.05) is 12.1 Å². The summed E-state index contributed by atoms with van der Waals surface area (Å²) in [5, 5.41) is 59.7. The standard InChI is InChI=1S/C26H34O11/c1-33-19-8-13(3-5-17(19)29)7-15-12-35-25(16(15)10-27)14-4-6-18(20(9-14)34-2)36-26-24(32)23(31)22(30)21(11-28)37-26/h3-6,8-9,15-16,21-32H,7,10-12H2,1-2H3/t15-,16-,21+,22-,23-,24-,25-,26-/m1/s1. The molecule has 6 N–H and O–H groups in total. The fraction of sp³-hybridized carbons (Fsp3) is 0.538. The van der Waals surface area contributed by atoms with Crippen LogP contribution in [0.3, 0.4) is 0 Å². The maximum absolute atomic E-state index is 10.3. The number of hydrogen-bond acceptors (Lipinski definition) is 11. The third-order valence-electron chi connectivity index (χ3n) is 7.04. The van der Waals surface area contributed by atoms with Gasteiger partial charge in [0.2, 0.25) is 6.29 Å². The van der Waals surface area contributed by atoms with Crippen molar-refractivity contribution in [2.75, 3.05) is 34.0 Å². The minimum absolute atomic E-state index is 0.0142. The number of phenolic OH excluding ortho intramolecular Hbond substituents is 1. The van der Waals surface area contributed by atoms with Gasteiger partial charge in [0.15, 0.2) is 23.0 Å². The van der Waals surface area contributed by atoms with Crippen LogP contribution in [0.15, 0.2) is 36.4 Å². The summed E-state index contributed by atoms with van der Waals surface area (Å²) in [6.07, 6.45) is -6.86. The molecule has 2 heterocycles. The lowest BCUT2D eigenvalue weighted by atomic mass is 9.84. The Kier molecular flexibility index (Phi) is 8.75. The highest BCUT2D eigenvalue weighted by Crippen LogP contribution is 2.43. The van der Waals surface area contributed by atoms with Gasteiger partial charge in [-0.05, 0) is 47.7 Å². The molecule has 2 aromatic carbocycles. The molecule has 8 atom stereocenters. The third-order valence-corrected chi connectivity index (χ3v) is 7.04. The van der Waals surface area contributed by atoms with Crippen LogP contribution in [-0.4, -0.2) is 95.4 Å². The maximum Gasteiger partial charge on any atom is 0.229 e. The molecule has 0 aliphatic carbocycles. The molecular weight excluding hydrogens is 488 g/mol. The molecular formula is C26H34O11. The second kappa shape index (κ2) is 11.8. The summed E-state index contributed by atoms with van der Waals surface area (Å²) >= 11 is 0. The van der Waals surface area contributed by atoms with E-state index in [1.54, 1.807) is 30.3 Å². The molecule has 0 aromatic heterocycles. The number of benzene rings is 2. The zero-order valence-corrected chi connectivity index (χ0v) is 20.6. The first-order valence-corrected chi connectivity index (χ1v) is 12.0. The summed E-state index contributed by atoms with van der Waals surface area (Å²) < 4.78 is 27.9. The van der Waals surface area contributed by atoms with Gasteiger partial charge < -0.3 is 54.3 Å². The van der Waals surface area contributed by atoms with E-state index in [1.165, 1.54) is 14.2 Å². The third kappa shape index (κ3) is 5.63. The van der Waals surface area contributed by atoms with Crippen molar-refractivity contribution in [3.63, 3.8) is 0 Å². The van der Waals surface area contributed by atoms with Crippen LogP contribution >= 0.6 is 0 Å². The van der Waals surface area contributed by atoms with Gasteiger partial charge in [-0.25, -0.2) is 0 Å². The van der Waals surface area contributed by atoms with Crippen molar-refractivity contribution in [3.05, 3.63) is 47.5 Å². The number of rotatable bonds is 9. The Morgan fingerprint density at radius 1 is 0.865 bits per heavy atom. The molecule has 2 fully saturated rings. The van der Waals surface area contributed by atoms with Crippen molar-refractivity contribution in [1.29, 1.82) is 0 Å². The molecule has 0 radical (unpaired) electrons. The minimum atomic E-state index is -1.57. The molecule has 37 heavy (non-hydrogen) atoms. The SMILES string of the molecule is COc1cc(C[C@@H]2CO[C@H](c3ccc(O[C@@H]4O[C@@H](CO)[C@@H](O)[C@@H](O)[C@H]4O)c(OC)c3)[C@@H]2CO)ccc1O. The second-order valence-corrected chi connectivity index (χ2v) is 9.30.